The predicted octanol–water partition coefficient (Wildman–Crippen LogP) is 4.86. The SMILES string of the molecule is CCCCC1(C(CCC)S(=O)(=O)Cl)CCCCC1. The zero-order chi connectivity index (χ0) is 13.6. The van der Waals surface area contributed by atoms with Gasteiger partial charge in [0, 0.05) is 10.7 Å². The third-order valence-electron chi connectivity index (χ3n) is 4.45. The summed E-state index contributed by atoms with van der Waals surface area (Å²) >= 11 is 0. The van der Waals surface area contributed by atoms with Crippen molar-refractivity contribution in [3.05, 3.63) is 0 Å². The van der Waals surface area contributed by atoms with Gasteiger partial charge in [-0.3, -0.25) is 0 Å². The van der Waals surface area contributed by atoms with Crippen molar-refractivity contribution in [1.82, 2.24) is 0 Å². The summed E-state index contributed by atoms with van der Waals surface area (Å²) < 4.78 is 23.9. The second-order valence-electron chi connectivity index (χ2n) is 5.78. The largest absolute Gasteiger partial charge is 0.235 e. The Bertz CT molecular complexity index is 332. The van der Waals surface area contributed by atoms with Gasteiger partial charge in [-0.15, -0.1) is 0 Å². The average molecular weight is 295 g/mol. The van der Waals surface area contributed by atoms with E-state index in [1.165, 1.54) is 6.42 Å². The Morgan fingerprint density at radius 2 is 1.72 bits per heavy atom. The first-order valence-electron chi connectivity index (χ1n) is 7.40. The summed E-state index contributed by atoms with van der Waals surface area (Å²) in [5.41, 5.74) is -0.0369. The summed E-state index contributed by atoms with van der Waals surface area (Å²) in [6, 6.07) is 0. The van der Waals surface area contributed by atoms with Gasteiger partial charge in [0.05, 0.1) is 5.25 Å². The summed E-state index contributed by atoms with van der Waals surface area (Å²) in [6.07, 6.45) is 10.5. The molecule has 0 saturated heterocycles. The van der Waals surface area contributed by atoms with Crippen LogP contribution in [0, 0.1) is 5.41 Å². The van der Waals surface area contributed by atoms with Crippen molar-refractivity contribution in [3.8, 4) is 0 Å². The molecule has 1 aliphatic carbocycles. The summed E-state index contributed by atoms with van der Waals surface area (Å²) in [7, 11) is 2.31. The molecule has 0 aromatic heterocycles. The number of hydrogen-bond acceptors (Lipinski definition) is 2. The molecule has 1 atom stereocenters. The number of unbranched alkanes of at least 4 members (excludes halogenated alkanes) is 1. The van der Waals surface area contributed by atoms with Crippen LogP contribution in [0.1, 0.15) is 78.1 Å². The normalized spacial score (nSPS) is 21.7. The van der Waals surface area contributed by atoms with Gasteiger partial charge in [-0.05, 0) is 31.1 Å². The smallest absolute Gasteiger partial charge is 0.212 e. The highest BCUT2D eigenvalue weighted by Crippen LogP contribution is 2.48. The van der Waals surface area contributed by atoms with E-state index in [1.54, 1.807) is 0 Å². The van der Waals surface area contributed by atoms with E-state index in [4.69, 9.17) is 10.7 Å². The van der Waals surface area contributed by atoms with Gasteiger partial charge in [0.1, 0.15) is 0 Å². The maximum Gasteiger partial charge on any atom is 0.235 e. The lowest BCUT2D eigenvalue weighted by Gasteiger charge is -2.42. The molecule has 1 fully saturated rings. The molecule has 0 aromatic rings. The monoisotopic (exact) mass is 294 g/mol. The maximum atomic E-state index is 12.0. The van der Waals surface area contributed by atoms with Crippen LogP contribution in [0.4, 0.5) is 0 Å². The van der Waals surface area contributed by atoms with Crippen LogP contribution < -0.4 is 0 Å². The van der Waals surface area contributed by atoms with E-state index < -0.39 is 9.05 Å². The Kier molecular flexibility index (Phi) is 6.46. The lowest BCUT2D eigenvalue weighted by atomic mass is 9.68. The van der Waals surface area contributed by atoms with Crippen LogP contribution in [-0.4, -0.2) is 13.7 Å². The molecule has 0 aromatic carbocycles. The van der Waals surface area contributed by atoms with Gasteiger partial charge >= 0.3 is 0 Å². The Morgan fingerprint density at radius 1 is 1.11 bits per heavy atom. The third kappa shape index (κ3) is 4.12. The van der Waals surface area contributed by atoms with Gasteiger partial charge in [-0.2, -0.15) is 0 Å². The van der Waals surface area contributed by atoms with Crippen molar-refractivity contribution in [2.45, 2.75) is 83.3 Å². The van der Waals surface area contributed by atoms with Gasteiger partial charge in [0.2, 0.25) is 9.05 Å². The predicted molar refractivity (Wildman–Crippen MR) is 78.5 cm³/mol. The Hall–Kier alpha value is 0.240. The molecule has 108 valence electrons. The highest BCUT2D eigenvalue weighted by Gasteiger charge is 2.44. The summed E-state index contributed by atoms with van der Waals surface area (Å²) in [4.78, 5) is 0. The van der Waals surface area contributed by atoms with Crippen molar-refractivity contribution in [2.24, 2.45) is 5.41 Å². The van der Waals surface area contributed by atoms with Gasteiger partial charge in [-0.1, -0.05) is 52.4 Å². The molecule has 0 spiro atoms. The van der Waals surface area contributed by atoms with Crippen LogP contribution >= 0.6 is 10.7 Å². The minimum absolute atomic E-state index is 0.0369. The van der Waals surface area contributed by atoms with E-state index in [1.807, 2.05) is 6.92 Å². The second-order valence-corrected chi connectivity index (χ2v) is 8.59. The first kappa shape index (κ1) is 16.3. The maximum absolute atomic E-state index is 12.0. The van der Waals surface area contributed by atoms with Crippen LogP contribution in [0.15, 0.2) is 0 Å². The molecule has 2 nitrogen and oxygen atoms in total. The molecule has 1 aliphatic rings. The van der Waals surface area contributed by atoms with Crippen LogP contribution in [0.2, 0.25) is 0 Å². The molecule has 0 N–H and O–H groups in total. The van der Waals surface area contributed by atoms with Gasteiger partial charge in [-0.25, -0.2) is 8.42 Å². The van der Waals surface area contributed by atoms with E-state index in [-0.39, 0.29) is 10.7 Å². The third-order valence-corrected chi connectivity index (χ3v) is 6.51. The molecule has 18 heavy (non-hydrogen) atoms. The van der Waals surface area contributed by atoms with Crippen molar-refractivity contribution >= 4 is 19.7 Å². The lowest BCUT2D eigenvalue weighted by molar-refractivity contribution is 0.153. The highest BCUT2D eigenvalue weighted by atomic mass is 35.7. The van der Waals surface area contributed by atoms with E-state index in [9.17, 15) is 8.42 Å². The summed E-state index contributed by atoms with van der Waals surface area (Å²) in [6.45, 7) is 4.21. The zero-order valence-corrected chi connectivity index (χ0v) is 13.3. The standard InChI is InChI=1S/C14H27ClO2S/c1-3-5-10-14(11-7-6-8-12-14)13(9-4-2)18(15,16)17/h13H,3-12H2,1-2H3. The van der Waals surface area contributed by atoms with Crippen molar-refractivity contribution in [1.29, 1.82) is 0 Å². The van der Waals surface area contributed by atoms with E-state index >= 15 is 0 Å². The topological polar surface area (TPSA) is 34.1 Å². The van der Waals surface area contributed by atoms with Crippen molar-refractivity contribution in [3.63, 3.8) is 0 Å². The fourth-order valence-electron chi connectivity index (χ4n) is 3.53. The Morgan fingerprint density at radius 3 is 2.17 bits per heavy atom. The first-order valence-corrected chi connectivity index (χ1v) is 9.77. The number of hydrogen-bond donors (Lipinski definition) is 0. The first-order chi connectivity index (χ1) is 8.46. The molecule has 0 aliphatic heterocycles. The molecule has 0 amide bonds. The lowest BCUT2D eigenvalue weighted by Crippen LogP contribution is -2.40. The Labute approximate surface area is 117 Å². The molecular formula is C14H27ClO2S. The summed E-state index contributed by atoms with van der Waals surface area (Å²) in [5, 5.41) is -0.330. The summed E-state index contributed by atoms with van der Waals surface area (Å²) in [5.74, 6) is 0. The molecule has 0 bridgehead atoms. The second kappa shape index (κ2) is 7.14. The van der Waals surface area contributed by atoms with Gasteiger partial charge < -0.3 is 0 Å². The Balaban J connectivity index is 2.96. The zero-order valence-electron chi connectivity index (χ0n) is 11.8. The van der Waals surface area contributed by atoms with Crippen LogP contribution in [0.25, 0.3) is 0 Å². The fourth-order valence-corrected chi connectivity index (χ4v) is 5.83. The van der Waals surface area contributed by atoms with Gasteiger partial charge in [0.25, 0.3) is 0 Å². The minimum Gasteiger partial charge on any atom is -0.212 e. The van der Waals surface area contributed by atoms with Crippen LogP contribution in [0.5, 0.6) is 0 Å². The average Bonchev–Trinajstić information content (AvgIpc) is 2.33. The van der Waals surface area contributed by atoms with Crippen LogP contribution in [0.3, 0.4) is 0 Å². The van der Waals surface area contributed by atoms with E-state index in [0.717, 1.165) is 57.8 Å². The molecular weight excluding hydrogens is 268 g/mol. The molecule has 4 heteroatoms. The van der Waals surface area contributed by atoms with Crippen molar-refractivity contribution < 1.29 is 8.42 Å². The number of rotatable bonds is 7. The van der Waals surface area contributed by atoms with E-state index in [0.29, 0.717) is 0 Å². The minimum atomic E-state index is -3.44. The molecule has 0 heterocycles. The molecule has 1 unspecified atom stereocenters. The van der Waals surface area contributed by atoms with E-state index in [2.05, 4.69) is 6.92 Å². The van der Waals surface area contributed by atoms with Crippen molar-refractivity contribution in [2.75, 3.05) is 0 Å². The molecule has 1 saturated carbocycles. The molecule has 1 rings (SSSR count). The van der Waals surface area contributed by atoms with Crippen LogP contribution in [-0.2, 0) is 9.05 Å². The van der Waals surface area contributed by atoms with Gasteiger partial charge in [0.15, 0.2) is 0 Å². The highest BCUT2D eigenvalue weighted by molar-refractivity contribution is 8.14. The molecule has 0 radical (unpaired) electrons. The quantitative estimate of drug-likeness (QED) is 0.628. The fraction of sp³-hybridized carbons (Fsp3) is 1.00. The number of halogens is 1.